The minimum atomic E-state index is -5.59. The molecule has 61 heavy (non-hydrogen) atoms. The van der Waals surface area contributed by atoms with Gasteiger partial charge in [0.05, 0.1) is 25.9 Å². The number of carboxylic acids is 2. The van der Waals surface area contributed by atoms with Gasteiger partial charge in [-0.05, 0) is 0 Å². The van der Waals surface area contributed by atoms with Crippen molar-refractivity contribution in [2.45, 2.75) is 118 Å². The van der Waals surface area contributed by atoms with Crippen molar-refractivity contribution in [1.29, 1.82) is 0 Å². The van der Waals surface area contributed by atoms with E-state index in [1.165, 1.54) is 0 Å². The zero-order valence-corrected chi connectivity index (χ0v) is 32.7. The zero-order valence-electron chi connectivity index (χ0n) is 31.1. The zero-order chi connectivity index (χ0) is 46.5. The van der Waals surface area contributed by atoms with Crippen LogP contribution in [0.3, 0.4) is 0 Å². The van der Waals surface area contributed by atoms with Crippen molar-refractivity contribution >= 4 is 44.6 Å². The fourth-order valence-electron chi connectivity index (χ4n) is 6.07. The van der Waals surface area contributed by atoms with Gasteiger partial charge in [-0.2, -0.15) is 16.8 Å². The van der Waals surface area contributed by atoms with Gasteiger partial charge in [-0.15, -0.1) is 0 Å². The summed E-state index contributed by atoms with van der Waals surface area (Å²) in [6.07, 6.45) is -36.2. The molecule has 2 fully saturated rings. The van der Waals surface area contributed by atoms with Crippen molar-refractivity contribution in [3.8, 4) is 0 Å². The van der Waals surface area contributed by atoms with Crippen LogP contribution in [0.5, 0.6) is 0 Å². The Labute approximate surface area is 342 Å². The number of carbonyl (C=O) groups excluding carboxylic acids is 2. The Hall–Kier alpha value is -3.56. The molecule has 31 nitrogen and oxygen atoms in total. The van der Waals surface area contributed by atoms with Crippen LogP contribution in [0.1, 0.15) is 13.8 Å². The van der Waals surface area contributed by atoms with Crippen LogP contribution in [-0.4, -0.2) is 230 Å². The molecule has 0 spiro atoms. The second-order valence-corrected chi connectivity index (χ2v) is 15.3. The molecule has 3 aliphatic heterocycles. The van der Waals surface area contributed by atoms with Gasteiger partial charge in [-0.3, -0.25) is 18.7 Å². The number of hydrogen-bond donors (Lipinski definition) is 15. The van der Waals surface area contributed by atoms with Gasteiger partial charge in [0.2, 0.25) is 23.9 Å². The number of aliphatic carboxylic acids is 2. The molecule has 0 saturated carbocycles. The third-order valence-corrected chi connectivity index (χ3v) is 9.63. The molecule has 3 heterocycles. The number of carbonyl (C=O) groups is 4. The molecular formula is C28H44N2O29S2. The molecule has 3 aliphatic rings. The predicted octanol–water partition coefficient (Wildman–Crippen LogP) is -8.95. The molecule has 0 aromatic rings. The van der Waals surface area contributed by atoms with E-state index < -0.39 is 180 Å². The average molecular weight is 937 g/mol. The fourth-order valence-corrected chi connectivity index (χ4v) is 6.90. The predicted molar refractivity (Wildman–Crippen MR) is 181 cm³/mol. The van der Waals surface area contributed by atoms with Gasteiger partial charge < -0.3 is 95.2 Å². The fraction of sp³-hybridized carbons (Fsp3) is 0.786. The highest BCUT2D eigenvalue weighted by Crippen LogP contribution is 2.34. The second-order valence-electron chi connectivity index (χ2n) is 13.2. The first-order valence-electron chi connectivity index (χ1n) is 17.1. The van der Waals surface area contributed by atoms with E-state index in [4.69, 9.17) is 33.0 Å². The third kappa shape index (κ3) is 13.5. The quantitative estimate of drug-likeness (QED) is 0.0504. The summed E-state index contributed by atoms with van der Waals surface area (Å²) < 4.78 is 106. The maximum absolute atomic E-state index is 12.6. The maximum Gasteiger partial charge on any atom is 0.397 e. The molecule has 0 aromatic carbocycles. The first-order valence-corrected chi connectivity index (χ1v) is 19.8. The van der Waals surface area contributed by atoms with E-state index in [0.29, 0.717) is 0 Å². The van der Waals surface area contributed by atoms with Crippen LogP contribution in [0.15, 0.2) is 11.5 Å². The SMILES string of the molecule is CC(=O)N[C@H]1[C@H](O[C@H]2[C@H](O)[C@@H](O)[C@H](O[C@@H]([C@@H](OS(=O)(=O)O)[C@H](O)CO)[C@H](CO)NC(C)=O)O[C@@H]2C(=O)O)O[C@H](COS(=O)(=O)O)[C@H](O)[C@@H]1O[C@@H]1OC(C(=O)O)=C(O)[C@H](O)[C@H]1O. The number of hydrogen-bond acceptors (Lipinski definition) is 25. The highest BCUT2D eigenvalue weighted by Gasteiger charge is 2.56. The lowest BCUT2D eigenvalue weighted by atomic mass is 9.94. The number of carboxylic acid groups (broad SMARTS) is 2. The smallest absolute Gasteiger partial charge is 0.397 e. The second kappa shape index (κ2) is 21.2. The van der Waals surface area contributed by atoms with E-state index >= 15 is 0 Å². The van der Waals surface area contributed by atoms with E-state index in [1.54, 1.807) is 0 Å². The summed E-state index contributed by atoms with van der Waals surface area (Å²) in [6, 6.07) is -3.97. The van der Waals surface area contributed by atoms with Crippen LogP contribution in [-0.2, 0) is 76.8 Å². The van der Waals surface area contributed by atoms with Crippen LogP contribution in [0, 0.1) is 0 Å². The summed E-state index contributed by atoms with van der Waals surface area (Å²) >= 11 is 0. The van der Waals surface area contributed by atoms with E-state index in [9.17, 15) is 96.7 Å². The van der Waals surface area contributed by atoms with E-state index in [0.717, 1.165) is 13.8 Å². The summed E-state index contributed by atoms with van der Waals surface area (Å²) in [7, 11) is -10.9. The Morgan fingerprint density at radius 1 is 0.770 bits per heavy atom. The molecule has 0 bridgehead atoms. The van der Waals surface area contributed by atoms with Gasteiger partial charge in [0.25, 0.3) is 0 Å². The normalized spacial score (nSPS) is 34.3. The molecule has 2 amide bonds. The lowest BCUT2D eigenvalue weighted by Crippen LogP contribution is -2.69. The minimum absolute atomic E-state index is 0.834. The van der Waals surface area contributed by atoms with Crippen molar-refractivity contribution in [3.63, 3.8) is 0 Å². The van der Waals surface area contributed by atoms with Gasteiger partial charge in [-0.25, -0.2) is 18.0 Å². The van der Waals surface area contributed by atoms with Crippen LogP contribution < -0.4 is 10.6 Å². The molecule has 2 saturated heterocycles. The third-order valence-electron chi connectivity index (χ3n) is 8.73. The van der Waals surface area contributed by atoms with Gasteiger partial charge in [0.1, 0.15) is 73.2 Å². The topological polar surface area (TPSA) is 497 Å². The van der Waals surface area contributed by atoms with Crippen molar-refractivity contribution in [3.05, 3.63) is 11.5 Å². The Morgan fingerprint density at radius 2 is 1.38 bits per heavy atom. The van der Waals surface area contributed by atoms with E-state index in [2.05, 4.69) is 19.0 Å². The first kappa shape index (κ1) is 51.8. The van der Waals surface area contributed by atoms with Crippen molar-refractivity contribution < 1.29 is 138 Å². The van der Waals surface area contributed by atoms with Crippen LogP contribution in [0.2, 0.25) is 0 Å². The average Bonchev–Trinajstić information content (AvgIpc) is 3.14. The molecular weight excluding hydrogens is 892 g/mol. The van der Waals surface area contributed by atoms with Crippen molar-refractivity contribution in [2.75, 3.05) is 19.8 Å². The standard InChI is InChI=1S/C28H44N2O29S2/c1-6(33)29-8(3-31)18(19(9(35)4-32)59-61(49,50)51)54-28-17(41)15(39)21(23(58-28)25(44)45)56-26-11(30-7(2)34)20(12(36)10(53-26)5-52-60(46,47)48)55-27-16(40)13(37)14(38)22(57-27)24(42)43/h8-13,15-21,23,26-28,31-32,35-41H,3-5H2,1-2H3,(H,29,33)(H,30,34)(H,42,43)(H,44,45)(H,46,47,48)(H,49,50,51)/t8-,9+,10+,11+,12-,13-,15+,16+,17+,18+,19-,20+,21-,23-,26-,27+,28+/m0/s1. The molecule has 0 radical (unpaired) electrons. The highest BCUT2D eigenvalue weighted by atomic mass is 32.3. The monoisotopic (exact) mass is 936 g/mol. The molecule has 352 valence electrons. The molecule has 0 aliphatic carbocycles. The Kier molecular flexibility index (Phi) is 18.0. The Balaban J connectivity index is 2.09. The number of rotatable bonds is 20. The summed E-state index contributed by atoms with van der Waals surface area (Å²) in [5, 5.41) is 118. The lowest BCUT2D eigenvalue weighted by molar-refractivity contribution is -0.357. The number of aliphatic hydroxyl groups is 9. The Morgan fingerprint density at radius 3 is 1.87 bits per heavy atom. The highest BCUT2D eigenvalue weighted by molar-refractivity contribution is 7.81. The van der Waals surface area contributed by atoms with Gasteiger partial charge >= 0.3 is 32.7 Å². The first-order chi connectivity index (χ1) is 28.1. The molecule has 3 rings (SSSR count). The summed E-state index contributed by atoms with van der Waals surface area (Å²) in [6.45, 7) is -2.24. The summed E-state index contributed by atoms with van der Waals surface area (Å²) in [4.78, 5) is 48.6. The number of aliphatic hydroxyl groups excluding tert-OH is 9. The summed E-state index contributed by atoms with van der Waals surface area (Å²) in [5.74, 6) is -8.90. The maximum atomic E-state index is 12.6. The van der Waals surface area contributed by atoms with Crippen molar-refractivity contribution in [2.24, 2.45) is 0 Å². The summed E-state index contributed by atoms with van der Waals surface area (Å²) in [5.41, 5.74) is 0. The van der Waals surface area contributed by atoms with E-state index in [1.807, 2.05) is 0 Å². The largest absolute Gasteiger partial charge is 0.506 e. The van der Waals surface area contributed by atoms with Crippen LogP contribution >= 0.6 is 0 Å². The minimum Gasteiger partial charge on any atom is -0.506 e. The molecule has 0 aromatic heterocycles. The van der Waals surface area contributed by atoms with Gasteiger partial charge in [-0.1, -0.05) is 0 Å². The lowest BCUT2D eigenvalue weighted by Gasteiger charge is -2.49. The number of amides is 2. The molecule has 33 heteroatoms. The van der Waals surface area contributed by atoms with Gasteiger partial charge in [0, 0.05) is 13.8 Å². The van der Waals surface area contributed by atoms with Gasteiger partial charge in [0.15, 0.2) is 24.4 Å². The van der Waals surface area contributed by atoms with Crippen LogP contribution in [0.25, 0.3) is 0 Å². The number of ether oxygens (including phenoxy) is 6. The van der Waals surface area contributed by atoms with Crippen LogP contribution in [0.4, 0.5) is 0 Å². The molecule has 15 N–H and O–H groups in total. The molecule has 0 unspecified atom stereocenters. The number of nitrogens with one attached hydrogen (secondary N) is 2. The van der Waals surface area contributed by atoms with E-state index in [-0.39, 0.29) is 0 Å². The van der Waals surface area contributed by atoms with Crippen molar-refractivity contribution in [1.82, 2.24) is 10.6 Å². The molecule has 17 atom stereocenters. The Bertz CT molecular complexity index is 1820.